The molecular formula is C7H11NO4S. The summed E-state index contributed by atoms with van der Waals surface area (Å²) in [5.41, 5.74) is 0.968. The van der Waals surface area contributed by atoms with Gasteiger partial charge in [0.25, 0.3) is 5.91 Å². The highest BCUT2D eigenvalue weighted by atomic mass is 32.2. The summed E-state index contributed by atoms with van der Waals surface area (Å²) >= 11 is 0. The first kappa shape index (κ1) is 11.9. The lowest BCUT2D eigenvalue weighted by molar-refractivity contribution is -0.114. The molecule has 0 bridgehead atoms. The van der Waals surface area contributed by atoms with E-state index in [1.54, 1.807) is 6.08 Å². The molecule has 13 heavy (non-hydrogen) atoms. The molecule has 0 fully saturated rings. The Morgan fingerprint density at radius 1 is 1.38 bits per heavy atom. The maximum absolute atomic E-state index is 10.7. The van der Waals surface area contributed by atoms with Gasteiger partial charge in [0, 0.05) is 6.08 Å². The zero-order chi connectivity index (χ0) is 10.5. The van der Waals surface area contributed by atoms with Crippen LogP contribution >= 0.6 is 0 Å². The topological polar surface area (TPSA) is 83.5 Å². The van der Waals surface area contributed by atoms with Gasteiger partial charge in [-0.3, -0.25) is 9.35 Å². The van der Waals surface area contributed by atoms with E-state index < -0.39 is 16.2 Å². The molecule has 1 amide bonds. The standard InChI is InChI=1S/C7H11NO4S/c1-6(2)4-3-5-7(9)8-13(10,11)12/h3-5H,1-2H3,(H,8,9)(H,10,11,12). The highest BCUT2D eigenvalue weighted by Crippen LogP contribution is 1.88. The third-order valence-electron chi connectivity index (χ3n) is 0.907. The number of carbonyl (C=O) groups excluding carboxylic acids is 1. The van der Waals surface area contributed by atoms with Crippen LogP contribution in [0.5, 0.6) is 0 Å². The van der Waals surface area contributed by atoms with Crippen molar-refractivity contribution >= 4 is 16.2 Å². The van der Waals surface area contributed by atoms with Crippen molar-refractivity contribution in [3.63, 3.8) is 0 Å². The second kappa shape index (κ2) is 4.78. The van der Waals surface area contributed by atoms with E-state index in [1.807, 2.05) is 13.8 Å². The van der Waals surface area contributed by atoms with Gasteiger partial charge in [-0.05, 0) is 13.8 Å². The van der Waals surface area contributed by atoms with Crippen molar-refractivity contribution in [1.82, 2.24) is 4.72 Å². The van der Waals surface area contributed by atoms with Gasteiger partial charge in [-0.15, -0.1) is 0 Å². The fraction of sp³-hybridized carbons (Fsp3) is 0.286. The van der Waals surface area contributed by atoms with Gasteiger partial charge in [-0.25, -0.2) is 4.72 Å². The van der Waals surface area contributed by atoms with E-state index in [1.165, 1.54) is 10.8 Å². The average Bonchev–Trinajstić information content (AvgIpc) is 1.81. The maximum atomic E-state index is 10.7. The summed E-state index contributed by atoms with van der Waals surface area (Å²) in [6.45, 7) is 3.65. The van der Waals surface area contributed by atoms with E-state index in [2.05, 4.69) is 0 Å². The molecule has 0 aliphatic carbocycles. The Labute approximate surface area is 77.0 Å². The first-order valence-electron chi connectivity index (χ1n) is 3.42. The predicted octanol–water partition coefficient (Wildman–Crippen LogP) is 0.428. The summed E-state index contributed by atoms with van der Waals surface area (Å²) in [5.74, 6) is -0.889. The lowest BCUT2D eigenvalue weighted by atomic mass is 10.3. The average molecular weight is 205 g/mol. The van der Waals surface area contributed by atoms with Gasteiger partial charge in [-0.2, -0.15) is 8.42 Å². The third kappa shape index (κ3) is 8.77. The Kier molecular flexibility index (Phi) is 4.36. The van der Waals surface area contributed by atoms with Gasteiger partial charge in [0.1, 0.15) is 0 Å². The summed E-state index contributed by atoms with van der Waals surface area (Å²) in [5, 5.41) is 0. The van der Waals surface area contributed by atoms with E-state index in [4.69, 9.17) is 4.55 Å². The third-order valence-corrected chi connectivity index (χ3v) is 1.37. The summed E-state index contributed by atoms with van der Waals surface area (Å²) in [6.07, 6.45) is 4.01. The van der Waals surface area contributed by atoms with E-state index in [9.17, 15) is 13.2 Å². The molecule has 0 unspecified atom stereocenters. The van der Waals surface area contributed by atoms with Crippen LogP contribution in [0.25, 0.3) is 0 Å². The molecule has 0 aliphatic rings. The summed E-state index contributed by atoms with van der Waals surface area (Å²) in [6, 6.07) is 0. The van der Waals surface area contributed by atoms with Crippen LogP contribution in [0.15, 0.2) is 23.8 Å². The lowest BCUT2D eigenvalue weighted by Crippen LogP contribution is -2.27. The SMILES string of the molecule is CC(C)=CC=CC(=O)NS(=O)(=O)O. The van der Waals surface area contributed by atoms with Crippen molar-refractivity contribution in [2.24, 2.45) is 0 Å². The molecule has 0 saturated carbocycles. The van der Waals surface area contributed by atoms with Gasteiger partial charge in [0.15, 0.2) is 0 Å². The lowest BCUT2D eigenvalue weighted by Gasteiger charge is -1.93. The second-order valence-corrected chi connectivity index (χ2v) is 3.70. The fourth-order valence-corrected chi connectivity index (χ4v) is 0.811. The highest BCUT2D eigenvalue weighted by Gasteiger charge is 2.05. The molecular weight excluding hydrogens is 194 g/mol. The number of carbonyl (C=O) groups is 1. The van der Waals surface area contributed by atoms with Crippen molar-refractivity contribution in [2.45, 2.75) is 13.8 Å². The Bertz CT molecular complexity index is 336. The Hall–Kier alpha value is -1.14. The molecule has 0 aromatic rings. The minimum Gasteiger partial charge on any atom is -0.269 e. The monoisotopic (exact) mass is 205 g/mol. The van der Waals surface area contributed by atoms with E-state index in [-0.39, 0.29) is 0 Å². The molecule has 0 aromatic heterocycles. The normalized spacial score (nSPS) is 11.3. The molecule has 74 valence electrons. The zero-order valence-electron chi connectivity index (χ0n) is 7.31. The van der Waals surface area contributed by atoms with Crippen LogP contribution in [0.2, 0.25) is 0 Å². The molecule has 0 atom stereocenters. The molecule has 0 spiro atoms. The van der Waals surface area contributed by atoms with Crippen LogP contribution in [-0.2, 0) is 15.1 Å². The summed E-state index contributed by atoms with van der Waals surface area (Å²) < 4.78 is 29.8. The van der Waals surface area contributed by atoms with Gasteiger partial charge < -0.3 is 0 Å². The largest absolute Gasteiger partial charge is 0.359 e. The van der Waals surface area contributed by atoms with E-state index in [0.717, 1.165) is 11.6 Å². The first-order chi connectivity index (χ1) is 5.81. The molecule has 0 aliphatic heterocycles. The number of allylic oxidation sites excluding steroid dienone is 3. The van der Waals surface area contributed by atoms with Crippen molar-refractivity contribution in [3.8, 4) is 0 Å². The number of nitrogens with one attached hydrogen (secondary N) is 1. The quantitative estimate of drug-likeness (QED) is 0.397. The van der Waals surface area contributed by atoms with Crippen molar-refractivity contribution in [1.29, 1.82) is 0 Å². The number of hydrogen-bond donors (Lipinski definition) is 2. The van der Waals surface area contributed by atoms with Crippen LogP contribution in [0.1, 0.15) is 13.8 Å². The second-order valence-electron chi connectivity index (χ2n) is 2.54. The smallest absolute Gasteiger partial charge is 0.269 e. The van der Waals surface area contributed by atoms with Gasteiger partial charge >= 0.3 is 10.3 Å². The zero-order valence-corrected chi connectivity index (χ0v) is 8.13. The molecule has 0 aromatic carbocycles. The number of amides is 1. The van der Waals surface area contributed by atoms with Crippen molar-refractivity contribution in [3.05, 3.63) is 23.8 Å². The highest BCUT2D eigenvalue weighted by molar-refractivity contribution is 7.84. The van der Waals surface area contributed by atoms with E-state index in [0.29, 0.717) is 0 Å². The first-order valence-corrected chi connectivity index (χ1v) is 4.86. The predicted molar refractivity (Wildman–Crippen MR) is 48.3 cm³/mol. The molecule has 5 nitrogen and oxygen atoms in total. The van der Waals surface area contributed by atoms with Crippen LogP contribution in [0.4, 0.5) is 0 Å². The molecule has 0 radical (unpaired) electrons. The van der Waals surface area contributed by atoms with Crippen molar-refractivity contribution in [2.75, 3.05) is 0 Å². The van der Waals surface area contributed by atoms with Crippen molar-refractivity contribution < 1.29 is 17.8 Å². The van der Waals surface area contributed by atoms with Gasteiger partial charge in [0.2, 0.25) is 0 Å². The summed E-state index contributed by atoms with van der Waals surface area (Å²) in [7, 11) is -4.45. The van der Waals surface area contributed by atoms with Crippen LogP contribution in [0.3, 0.4) is 0 Å². The number of rotatable bonds is 3. The minimum atomic E-state index is -4.45. The molecule has 6 heteroatoms. The van der Waals surface area contributed by atoms with E-state index >= 15 is 0 Å². The van der Waals surface area contributed by atoms with Crippen LogP contribution in [0, 0.1) is 0 Å². The molecule has 0 saturated heterocycles. The fourth-order valence-electron chi connectivity index (χ4n) is 0.489. The van der Waals surface area contributed by atoms with Gasteiger partial charge in [0.05, 0.1) is 0 Å². The molecule has 0 rings (SSSR count). The Morgan fingerprint density at radius 2 is 1.92 bits per heavy atom. The minimum absolute atomic E-state index is 0.889. The maximum Gasteiger partial charge on any atom is 0.359 e. The molecule has 2 N–H and O–H groups in total. The van der Waals surface area contributed by atoms with Crippen LogP contribution in [-0.4, -0.2) is 18.9 Å². The number of hydrogen-bond acceptors (Lipinski definition) is 3. The summed E-state index contributed by atoms with van der Waals surface area (Å²) in [4.78, 5) is 10.7. The molecule has 0 heterocycles. The Morgan fingerprint density at radius 3 is 2.31 bits per heavy atom. The van der Waals surface area contributed by atoms with Gasteiger partial charge in [-0.1, -0.05) is 17.7 Å². The van der Waals surface area contributed by atoms with Crippen LogP contribution < -0.4 is 4.72 Å². The Balaban J connectivity index is 4.19.